The molecule has 0 fully saturated rings. The number of halogens is 1. The molecule has 0 aromatic heterocycles. The van der Waals surface area contributed by atoms with E-state index in [0.717, 1.165) is 6.54 Å². The lowest BCUT2D eigenvalue weighted by Crippen LogP contribution is -2.15. The van der Waals surface area contributed by atoms with E-state index in [1.54, 1.807) is 0 Å². The average Bonchev–Trinajstić information content (AvgIpc) is 2.16. The van der Waals surface area contributed by atoms with E-state index >= 15 is 0 Å². The Labute approximate surface area is 82.1 Å². The molecule has 0 saturated heterocycles. The molecule has 0 atom stereocenters. The van der Waals surface area contributed by atoms with Crippen molar-refractivity contribution in [3.05, 3.63) is 35.1 Å². The Balaban J connectivity index is 2.90. The van der Waals surface area contributed by atoms with Gasteiger partial charge in [0.25, 0.3) is 0 Å². The summed E-state index contributed by atoms with van der Waals surface area (Å²) in [6, 6.07) is 4.11. The fourth-order valence-electron chi connectivity index (χ4n) is 1.12. The van der Waals surface area contributed by atoms with Gasteiger partial charge in [-0.25, -0.2) is 4.39 Å². The number of nitrogens with one attached hydrogen (secondary N) is 1. The molecule has 0 unspecified atom stereocenters. The van der Waals surface area contributed by atoms with Gasteiger partial charge >= 0.3 is 0 Å². The molecule has 76 valence electrons. The van der Waals surface area contributed by atoms with Crippen molar-refractivity contribution >= 4 is 5.91 Å². The maximum Gasteiger partial charge on any atom is 0.248 e. The number of nitrogens with two attached hydrogens (primary N) is 1. The third kappa shape index (κ3) is 2.53. The quantitative estimate of drug-likeness (QED) is 0.755. The summed E-state index contributed by atoms with van der Waals surface area (Å²) in [5.74, 6) is -0.862. The van der Waals surface area contributed by atoms with Crippen LogP contribution in [0.2, 0.25) is 0 Å². The van der Waals surface area contributed by atoms with Gasteiger partial charge < -0.3 is 11.1 Å². The number of benzene rings is 1. The van der Waals surface area contributed by atoms with Crippen molar-refractivity contribution in [2.45, 2.75) is 13.5 Å². The van der Waals surface area contributed by atoms with Crippen molar-refractivity contribution in [3.63, 3.8) is 0 Å². The van der Waals surface area contributed by atoms with E-state index < -0.39 is 5.91 Å². The van der Waals surface area contributed by atoms with Crippen molar-refractivity contribution in [2.75, 3.05) is 6.54 Å². The monoisotopic (exact) mass is 196 g/mol. The first-order valence-electron chi connectivity index (χ1n) is 4.44. The van der Waals surface area contributed by atoms with Crippen LogP contribution in [0.1, 0.15) is 22.8 Å². The molecule has 1 rings (SSSR count). The highest BCUT2D eigenvalue weighted by Crippen LogP contribution is 2.09. The van der Waals surface area contributed by atoms with Crippen LogP contribution in [0.5, 0.6) is 0 Å². The van der Waals surface area contributed by atoms with Crippen molar-refractivity contribution < 1.29 is 9.18 Å². The Kier molecular flexibility index (Phi) is 3.59. The fraction of sp³-hybridized carbons (Fsp3) is 0.300. The third-order valence-corrected chi connectivity index (χ3v) is 1.90. The summed E-state index contributed by atoms with van der Waals surface area (Å²) < 4.78 is 13.2. The summed E-state index contributed by atoms with van der Waals surface area (Å²) in [4.78, 5) is 10.8. The minimum absolute atomic E-state index is 0.323. The molecule has 0 bridgehead atoms. The maximum atomic E-state index is 13.2. The van der Waals surface area contributed by atoms with Gasteiger partial charge in [-0.05, 0) is 24.7 Å². The predicted octanol–water partition coefficient (Wildman–Crippen LogP) is 1.03. The van der Waals surface area contributed by atoms with Gasteiger partial charge in [-0.15, -0.1) is 0 Å². The first-order valence-corrected chi connectivity index (χ1v) is 4.44. The standard InChI is InChI=1S/C10H13FN2O/c1-2-13-6-8-5-7(10(12)14)3-4-9(8)11/h3-5,13H,2,6H2,1H3,(H2,12,14). The van der Waals surface area contributed by atoms with Crippen LogP contribution in [0, 0.1) is 5.82 Å². The molecule has 0 saturated carbocycles. The zero-order valence-electron chi connectivity index (χ0n) is 8.01. The molecule has 0 aliphatic heterocycles. The molecule has 0 aliphatic rings. The molecule has 1 amide bonds. The largest absolute Gasteiger partial charge is 0.366 e. The van der Waals surface area contributed by atoms with Gasteiger partial charge in [0.1, 0.15) is 5.82 Å². The molecular weight excluding hydrogens is 183 g/mol. The average molecular weight is 196 g/mol. The van der Waals surface area contributed by atoms with Crippen molar-refractivity contribution in [1.82, 2.24) is 5.32 Å². The molecular formula is C10H13FN2O. The molecule has 3 nitrogen and oxygen atoms in total. The van der Waals surface area contributed by atoms with Gasteiger partial charge in [-0.1, -0.05) is 6.92 Å². The highest BCUT2D eigenvalue weighted by molar-refractivity contribution is 5.92. The Hall–Kier alpha value is -1.42. The predicted molar refractivity (Wildman–Crippen MR) is 52.3 cm³/mol. The van der Waals surface area contributed by atoms with Gasteiger partial charge in [0.05, 0.1) is 0 Å². The fourth-order valence-corrected chi connectivity index (χ4v) is 1.12. The topological polar surface area (TPSA) is 55.1 Å². The second-order valence-electron chi connectivity index (χ2n) is 2.95. The number of carbonyl (C=O) groups excluding carboxylic acids is 1. The van der Waals surface area contributed by atoms with E-state index in [-0.39, 0.29) is 5.82 Å². The first kappa shape index (κ1) is 10.7. The van der Waals surface area contributed by atoms with Crippen LogP contribution >= 0.6 is 0 Å². The summed E-state index contributed by atoms with van der Waals surface area (Å²) in [6.45, 7) is 3.08. The van der Waals surface area contributed by atoms with E-state index in [4.69, 9.17) is 5.73 Å². The number of rotatable bonds is 4. The lowest BCUT2D eigenvalue weighted by atomic mass is 10.1. The zero-order chi connectivity index (χ0) is 10.6. The molecule has 0 spiro atoms. The summed E-state index contributed by atoms with van der Waals surface area (Å²) in [6.07, 6.45) is 0. The van der Waals surface area contributed by atoms with Gasteiger partial charge in [0.2, 0.25) is 5.91 Å². The van der Waals surface area contributed by atoms with Crippen molar-refractivity contribution in [1.29, 1.82) is 0 Å². The second kappa shape index (κ2) is 4.72. The molecule has 1 aromatic rings. The van der Waals surface area contributed by atoms with Crippen LogP contribution in [-0.4, -0.2) is 12.5 Å². The number of carbonyl (C=O) groups is 1. The van der Waals surface area contributed by atoms with Gasteiger partial charge in [0, 0.05) is 17.7 Å². The molecule has 0 radical (unpaired) electrons. The third-order valence-electron chi connectivity index (χ3n) is 1.90. The van der Waals surface area contributed by atoms with Crippen LogP contribution in [-0.2, 0) is 6.54 Å². The van der Waals surface area contributed by atoms with Crippen LogP contribution < -0.4 is 11.1 Å². The Bertz CT molecular complexity index is 339. The Morgan fingerprint density at radius 2 is 2.29 bits per heavy atom. The van der Waals surface area contributed by atoms with Crippen LogP contribution in [0.25, 0.3) is 0 Å². The van der Waals surface area contributed by atoms with Crippen LogP contribution in [0.15, 0.2) is 18.2 Å². The smallest absolute Gasteiger partial charge is 0.248 e. The number of primary amides is 1. The van der Waals surface area contributed by atoms with Crippen molar-refractivity contribution in [2.24, 2.45) is 5.73 Å². The van der Waals surface area contributed by atoms with E-state index in [1.165, 1.54) is 18.2 Å². The summed E-state index contributed by atoms with van der Waals surface area (Å²) >= 11 is 0. The van der Waals surface area contributed by atoms with E-state index in [2.05, 4.69) is 5.32 Å². The second-order valence-corrected chi connectivity index (χ2v) is 2.95. The number of amides is 1. The molecule has 14 heavy (non-hydrogen) atoms. The van der Waals surface area contributed by atoms with Gasteiger partial charge in [0.15, 0.2) is 0 Å². The van der Waals surface area contributed by atoms with Crippen LogP contribution in [0.3, 0.4) is 0 Å². The number of hydrogen-bond donors (Lipinski definition) is 2. The van der Waals surface area contributed by atoms with E-state index in [9.17, 15) is 9.18 Å². The molecule has 3 N–H and O–H groups in total. The Morgan fingerprint density at radius 1 is 1.57 bits per heavy atom. The van der Waals surface area contributed by atoms with E-state index in [1.807, 2.05) is 6.92 Å². The molecule has 4 heteroatoms. The zero-order valence-corrected chi connectivity index (χ0v) is 8.01. The minimum atomic E-state index is -0.539. The van der Waals surface area contributed by atoms with E-state index in [0.29, 0.717) is 17.7 Å². The lowest BCUT2D eigenvalue weighted by molar-refractivity contribution is 0.1000. The van der Waals surface area contributed by atoms with Gasteiger partial charge in [-0.2, -0.15) is 0 Å². The normalized spacial score (nSPS) is 10.1. The molecule has 1 aromatic carbocycles. The molecule has 0 heterocycles. The first-order chi connectivity index (χ1) is 6.65. The lowest BCUT2D eigenvalue weighted by Gasteiger charge is -2.05. The maximum absolute atomic E-state index is 13.2. The number of hydrogen-bond acceptors (Lipinski definition) is 2. The molecule has 0 aliphatic carbocycles. The highest BCUT2D eigenvalue weighted by Gasteiger charge is 2.05. The van der Waals surface area contributed by atoms with Crippen LogP contribution in [0.4, 0.5) is 4.39 Å². The SMILES string of the molecule is CCNCc1cc(C(N)=O)ccc1F. The minimum Gasteiger partial charge on any atom is -0.366 e. The van der Waals surface area contributed by atoms with Gasteiger partial charge in [-0.3, -0.25) is 4.79 Å². The highest BCUT2D eigenvalue weighted by atomic mass is 19.1. The summed E-state index contributed by atoms with van der Waals surface area (Å²) in [5, 5.41) is 2.98. The summed E-state index contributed by atoms with van der Waals surface area (Å²) in [7, 11) is 0. The van der Waals surface area contributed by atoms with Crippen molar-refractivity contribution in [3.8, 4) is 0 Å². The Morgan fingerprint density at radius 3 is 2.86 bits per heavy atom. The summed E-state index contributed by atoms with van der Waals surface area (Å²) in [5.41, 5.74) is 5.87.